The standard InChI is InChI=1S/C18H19NO6/c1-2-3-10-24-13-5-7-14(8-6-13)25-18(23)19-12-4-9-16(20)15(11-12)17(21)22/h4-9,11,20H,2-3,10H2,1H3,(H,19,23)(H,21,22). The lowest BCUT2D eigenvalue weighted by atomic mass is 10.2. The van der Waals surface area contributed by atoms with Gasteiger partial charge in [-0.05, 0) is 48.9 Å². The topological polar surface area (TPSA) is 105 Å². The Bertz CT molecular complexity index is 742. The van der Waals surface area contributed by atoms with Gasteiger partial charge in [0, 0.05) is 5.69 Å². The molecule has 0 bridgehead atoms. The normalized spacial score (nSPS) is 10.1. The molecule has 0 atom stereocenters. The van der Waals surface area contributed by atoms with Crippen LogP contribution in [0.4, 0.5) is 10.5 Å². The number of ether oxygens (including phenoxy) is 2. The van der Waals surface area contributed by atoms with Crippen molar-refractivity contribution < 1.29 is 29.3 Å². The van der Waals surface area contributed by atoms with Gasteiger partial charge in [-0.15, -0.1) is 0 Å². The maximum Gasteiger partial charge on any atom is 0.417 e. The molecular weight excluding hydrogens is 326 g/mol. The van der Waals surface area contributed by atoms with Crippen LogP contribution in [0.2, 0.25) is 0 Å². The van der Waals surface area contributed by atoms with Crippen molar-refractivity contribution in [2.24, 2.45) is 0 Å². The number of unbranched alkanes of at least 4 members (excludes halogenated alkanes) is 1. The van der Waals surface area contributed by atoms with Gasteiger partial charge in [-0.3, -0.25) is 5.32 Å². The number of carbonyl (C=O) groups excluding carboxylic acids is 1. The molecule has 0 aromatic heterocycles. The van der Waals surface area contributed by atoms with Crippen LogP contribution in [0.25, 0.3) is 0 Å². The lowest BCUT2D eigenvalue weighted by Crippen LogP contribution is -2.17. The van der Waals surface area contributed by atoms with Crippen LogP contribution in [0.1, 0.15) is 30.1 Å². The molecular formula is C18H19NO6. The molecule has 0 aliphatic carbocycles. The molecule has 1 amide bonds. The van der Waals surface area contributed by atoms with E-state index in [9.17, 15) is 14.7 Å². The van der Waals surface area contributed by atoms with Gasteiger partial charge in [0.2, 0.25) is 0 Å². The Kier molecular flexibility index (Phi) is 6.22. The Morgan fingerprint density at radius 1 is 1.08 bits per heavy atom. The van der Waals surface area contributed by atoms with Crippen LogP contribution < -0.4 is 14.8 Å². The molecule has 25 heavy (non-hydrogen) atoms. The molecule has 0 spiro atoms. The van der Waals surface area contributed by atoms with Crippen molar-refractivity contribution in [2.45, 2.75) is 19.8 Å². The van der Waals surface area contributed by atoms with Crippen molar-refractivity contribution in [1.29, 1.82) is 0 Å². The summed E-state index contributed by atoms with van der Waals surface area (Å²) in [4.78, 5) is 22.8. The highest BCUT2D eigenvalue weighted by atomic mass is 16.6. The fourth-order valence-electron chi connectivity index (χ4n) is 1.97. The second-order valence-corrected chi connectivity index (χ2v) is 5.23. The summed E-state index contributed by atoms with van der Waals surface area (Å²) in [7, 11) is 0. The molecule has 7 nitrogen and oxygen atoms in total. The molecule has 132 valence electrons. The average Bonchev–Trinajstić information content (AvgIpc) is 2.58. The average molecular weight is 345 g/mol. The van der Waals surface area contributed by atoms with E-state index < -0.39 is 12.1 Å². The zero-order valence-electron chi connectivity index (χ0n) is 13.7. The van der Waals surface area contributed by atoms with Crippen molar-refractivity contribution in [2.75, 3.05) is 11.9 Å². The number of anilines is 1. The molecule has 7 heteroatoms. The molecule has 0 radical (unpaired) electrons. The first-order valence-electron chi connectivity index (χ1n) is 7.77. The number of carboxylic acid groups (broad SMARTS) is 1. The Morgan fingerprint density at radius 2 is 1.76 bits per heavy atom. The summed E-state index contributed by atoms with van der Waals surface area (Å²) < 4.78 is 10.6. The number of benzene rings is 2. The number of hydrogen-bond donors (Lipinski definition) is 3. The molecule has 3 N–H and O–H groups in total. The number of rotatable bonds is 7. The summed E-state index contributed by atoms with van der Waals surface area (Å²) in [6, 6.07) is 10.3. The summed E-state index contributed by atoms with van der Waals surface area (Å²) in [5, 5.41) is 20.8. The first-order valence-corrected chi connectivity index (χ1v) is 7.77. The molecule has 2 aromatic carbocycles. The van der Waals surface area contributed by atoms with E-state index in [1.807, 2.05) is 0 Å². The Balaban J connectivity index is 1.94. The molecule has 0 saturated carbocycles. The maximum absolute atomic E-state index is 11.9. The van der Waals surface area contributed by atoms with E-state index in [4.69, 9.17) is 14.6 Å². The number of aromatic hydroxyl groups is 1. The number of carboxylic acids is 1. The lowest BCUT2D eigenvalue weighted by molar-refractivity contribution is 0.0693. The van der Waals surface area contributed by atoms with Crippen LogP contribution in [-0.2, 0) is 0 Å². The molecule has 0 fully saturated rings. The zero-order chi connectivity index (χ0) is 18.2. The van der Waals surface area contributed by atoms with Crippen molar-refractivity contribution >= 4 is 17.7 Å². The summed E-state index contributed by atoms with van der Waals surface area (Å²) in [6.45, 7) is 2.70. The van der Waals surface area contributed by atoms with E-state index >= 15 is 0 Å². The van der Waals surface area contributed by atoms with Crippen molar-refractivity contribution in [1.82, 2.24) is 0 Å². The third-order valence-corrected chi connectivity index (χ3v) is 3.27. The fourth-order valence-corrected chi connectivity index (χ4v) is 1.97. The largest absolute Gasteiger partial charge is 0.507 e. The van der Waals surface area contributed by atoms with E-state index in [2.05, 4.69) is 12.2 Å². The van der Waals surface area contributed by atoms with Crippen LogP contribution in [0.5, 0.6) is 17.2 Å². The Labute approximate surface area is 144 Å². The second kappa shape index (κ2) is 8.58. The van der Waals surface area contributed by atoms with Crippen LogP contribution in [-0.4, -0.2) is 28.9 Å². The van der Waals surface area contributed by atoms with Gasteiger partial charge in [0.1, 0.15) is 22.8 Å². The quantitative estimate of drug-likeness (QED) is 0.519. The number of carbonyl (C=O) groups is 2. The number of hydrogen-bond acceptors (Lipinski definition) is 5. The lowest BCUT2D eigenvalue weighted by Gasteiger charge is -2.09. The first kappa shape index (κ1) is 18.1. The summed E-state index contributed by atoms with van der Waals surface area (Å²) >= 11 is 0. The second-order valence-electron chi connectivity index (χ2n) is 5.23. The van der Waals surface area contributed by atoms with Gasteiger partial charge in [-0.2, -0.15) is 0 Å². The molecule has 2 aromatic rings. The van der Waals surface area contributed by atoms with E-state index in [0.29, 0.717) is 18.1 Å². The minimum atomic E-state index is -1.30. The molecule has 0 heterocycles. The highest BCUT2D eigenvalue weighted by Gasteiger charge is 2.12. The van der Waals surface area contributed by atoms with Gasteiger partial charge in [0.15, 0.2) is 0 Å². The number of phenols is 1. The van der Waals surface area contributed by atoms with Crippen molar-refractivity contribution in [3.05, 3.63) is 48.0 Å². The van der Waals surface area contributed by atoms with Gasteiger partial charge < -0.3 is 19.7 Å². The predicted molar refractivity (Wildman–Crippen MR) is 91.6 cm³/mol. The Hall–Kier alpha value is -3.22. The minimum absolute atomic E-state index is 0.194. The van der Waals surface area contributed by atoms with Gasteiger partial charge in [-0.25, -0.2) is 9.59 Å². The van der Waals surface area contributed by atoms with E-state index in [1.54, 1.807) is 24.3 Å². The molecule has 2 rings (SSSR count). The molecule has 0 aliphatic heterocycles. The summed E-state index contributed by atoms with van der Waals surface area (Å²) in [5.74, 6) is -0.679. The molecule has 0 unspecified atom stereocenters. The molecule has 0 saturated heterocycles. The van der Waals surface area contributed by atoms with Crippen LogP contribution >= 0.6 is 0 Å². The van der Waals surface area contributed by atoms with E-state index in [-0.39, 0.29) is 17.0 Å². The van der Waals surface area contributed by atoms with Crippen LogP contribution in [0.3, 0.4) is 0 Å². The predicted octanol–water partition coefficient (Wildman–Crippen LogP) is 3.88. The highest BCUT2D eigenvalue weighted by molar-refractivity contribution is 5.94. The van der Waals surface area contributed by atoms with Gasteiger partial charge in [0.25, 0.3) is 0 Å². The van der Waals surface area contributed by atoms with E-state index in [1.165, 1.54) is 12.1 Å². The van der Waals surface area contributed by atoms with Crippen molar-refractivity contribution in [3.63, 3.8) is 0 Å². The third-order valence-electron chi connectivity index (χ3n) is 3.27. The molecule has 0 aliphatic rings. The summed E-state index contributed by atoms with van der Waals surface area (Å²) in [5.41, 5.74) is -0.119. The summed E-state index contributed by atoms with van der Waals surface area (Å²) in [6.07, 6.45) is 1.23. The minimum Gasteiger partial charge on any atom is -0.507 e. The van der Waals surface area contributed by atoms with Gasteiger partial charge in [0.05, 0.1) is 6.61 Å². The van der Waals surface area contributed by atoms with Gasteiger partial charge >= 0.3 is 12.1 Å². The van der Waals surface area contributed by atoms with Crippen LogP contribution in [0, 0.1) is 0 Å². The first-order chi connectivity index (χ1) is 12.0. The number of nitrogens with one attached hydrogen (secondary N) is 1. The smallest absolute Gasteiger partial charge is 0.417 e. The number of amides is 1. The zero-order valence-corrected chi connectivity index (χ0v) is 13.7. The third kappa shape index (κ3) is 5.42. The van der Waals surface area contributed by atoms with E-state index in [0.717, 1.165) is 18.9 Å². The SMILES string of the molecule is CCCCOc1ccc(OC(=O)Nc2ccc(O)c(C(=O)O)c2)cc1. The van der Waals surface area contributed by atoms with Gasteiger partial charge in [-0.1, -0.05) is 13.3 Å². The number of aromatic carboxylic acids is 1. The maximum atomic E-state index is 11.9. The van der Waals surface area contributed by atoms with Crippen molar-refractivity contribution in [3.8, 4) is 17.2 Å². The highest BCUT2D eigenvalue weighted by Crippen LogP contribution is 2.22. The fraction of sp³-hybridized carbons (Fsp3) is 0.222. The van der Waals surface area contributed by atoms with Crippen LogP contribution in [0.15, 0.2) is 42.5 Å². The monoisotopic (exact) mass is 345 g/mol. The Morgan fingerprint density at radius 3 is 2.40 bits per heavy atom.